The summed E-state index contributed by atoms with van der Waals surface area (Å²) in [5, 5.41) is 0.803. The highest BCUT2D eigenvalue weighted by Gasteiger charge is 2.44. The van der Waals surface area contributed by atoms with Gasteiger partial charge in [0.25, 0.3) is 0 Å². The molecule has 0 amide bonds. The Hall–Kier alpha value is -1.64. The van der Waals surface area contributed by atoms with E-state index < -0.39 is 0 Å². The van der Waals surface area contributed by atoms with Crippen LogP contribution in [0.4, 0.5) is 0 Å². The summed E-state index contributed by atoms with van der Waals surface area (Å²) in [6.07, 6.45) is 3.60. The van der Waals surface area contributed by atoms with Crippen LogP contribution in [-0.2, 0) is 4.79 Å². The number of carbonyl (C=O) groups is 1. The van der Waals surface area contributed by atoms with Crippen molar-refractivity contribution in [2.45, 2.75) is 43.8 Å². The molecule has 2 heterocycles. The summed E-state index contributed by atoms with van der Waals surface area (Å²) in [6.45, 7) is 0. The van der Waals surface area contributed by atoms with Crippen molar-refractivity contribution in [2.24, 2.45) is 0 Å². The molecule has 2 saturated heterocycles. The topological polar surface area (TPSA) is 20.3 Å². The van der Waals surface area contributed by atoms with Gasteiger partial charge in [-0.25, -0.2) is 0 Å². The van der Waals surface area contributed by atoms with E-state index in [9.17, 15) is 4.79 Å². The van der Waals surface area contributed by atoms with Crippen LogP contribution in [0.1, 0.15) is 42.9 Å². The van der Waals surface area contributed by atoms with Crippen LogP contribution in [0.5, 0.6) is 0 Å². The molecule has 3 heteroatoms. The molecule has 2 nitrogen and oxygen atoms in total. The average molecular weight is 326 g/mol. The number of halogens is 1. The van der Waals surface area contributed by atoms with Crippen LogP contribution in [0.3, 0.4) is 0 Å². The quantitative estimate of drug-likeness (QED) is 0.820. The summed E-state index contributed by atoms with van der Waals surface area (Å²) in [5.74, 6) is 0.416. The van der Waals surface area contributed by atoms with Gasteiger partial charge in [0.2, 0.25) is 0 Å². The van der Waals surface area contributed by atoms with Crippen molar-refractivity contribution in [2.75, 3.05) is 0 Å². The van der Waals surface area contributed by atoms with Crippen molar-refractivity contribution in [1.82, 2.24) is 4.90 Å². The first-order valence-corrected chi connectivity index (χ1v) is 8.70. The van der Waals surface area contributed by atoms with Crippen LogP contribution >= 0.6 is 11.6 Å². The predicted molar refractivity (Wildman–Crippen MR) is 92.6 cm³/mol. The number of hydrogen-bond donors (Lipinski definition) is 0. The van der Waals surface area contributed by atoms with Gasteiger partial charge >= 0.3 is 0 Å². The number of carbonyl (C=O) groups excluding carboxylic acids is 1. The zero-order chi connectivity index (χ0) is 15.8. The molecule has 2 bridgehead atoms. The molecule has 0 aliphatic carbocycles. The minimum absolute atomic E-state index is 0.135. The van der Waals surface area contributed by atoms with Crippen molar-refractivity contribution in [1.29, 1.82) is 0 Å². The third-order valence-electron chi connectivity index (χ3n) is 5.22. The highest BCUT2D eigenvalue weighted by molar-refractivity contribution is 6.31. The molecule has 0 spiro atoms. The molecule has 118 valence electrons. The summed E-state index contributed by atoms with van der Waals surface area (Å²) >= 11 is 6.54. The third kappa shape index (κ3) is 2.71. The minimum atomic E-state index is 0.135. The molecule has 4 rings (SSSR count). The molecule has 3 atom stereocenters. The molecule has 0 radical (unpaired) electrons. The molecule has 2 aliphatic heterocycles. The Morgan fingerprint density at radius 1 is 0.913 bits per heavy atom. The lowest BCUT2D eigenvalue weighted by Gasteiger charge is -2.41. The van der Waals surface area contributed by atoms with Crippen LogP contribution < -0.4 is 0 Å². The second kappa shape index (κ2) is 6.10. The summed E-state index contributed by atoms with van der Waals surface area (Å²) in [4.78, 5) is 14.5. The Kier molecular flexibility index (Phi) is 3.96. The number of ketones is 1. The molecule has 2 aromatic carbocycles. The van der Waals surface area contributed by atoms with Crippen LogP contribution in [0, 0.1) is 0 Å². The van der Waals surface area contributed by atoms with Crippen molar-refractivity contribution >= 4 is 17.4 Å². The molecule has 0 aromatic heterocycles. The normalized spacial score (nSPS) is 25.5. The summed E-state index contributed by atoms with van der Waals surface area (Å²) in [6, 6.07) is 19.5. The molecule has 2 fully saturated rings. The molecule has 0 saturated carbocycles. The van der Waals surface area contributed by atoms with Crippen molar-refractivity contribution in [3.05, 3.63) is 70.7 Å². The van der Waals surface area contributed by atoms with Crippen molar-refractivity contribution in [3.8, 4) is 0 Å². The lowest BCUT2D eigenvalue weighted by Crippen LogP contribution is -2.45. The third-order valence-corrected chi connectivity index (χ3v) is 5.56. The lowest BCUT2D eigenvalue weighted by molar-refractivity contribution is -0.124. The monoisotopic (exact) mass is 325 g/mol. The Labute approximate surface area is 142 Å². The fourth-order valence-corrected chi connectivity index (χ4v) is 4.51. The van der Waals surface area contributed by atoms with E-state index in [0.717, 1.165) is 23.4 Å². The first-order valence-electron chi connectivity index (χ1n) is 8.32. The first kappa shape index (κ1) is 14.9. The van der Waals surface area contributed by atoms with Gasteiger partial charge in [-0.3, -0.25) is 9.69 Å². The van der Waals surface area contributed by atoms with E-state index in [1.165, 1.54) is 5.56 Å². The zero-order valence-corrected chi connectivity index (χ0v) is 13.7. The van der Waals surface area contributed by atoms with E-state index in [4.69, 9.17) is 11.6 Å². The predicted octanol–water partition coefficient (Wildman–Crippen LogP) is 4.63. The van der Waals surface area contributed by atoms with Gasteiger partial charge in [0.15, 0.2) is 0 Å². The minimum Gasteiger partial charge on any atom is -0.300 e. The summed E-state index contributed by atoms with van der Waals surface area (Å²) in [5.41, 5.74) is 2.40. The Morgan fingerprint density at radius 2 is 1.52 bits per heavy atom. The van der Waals surface area contributed by atoms with Gasteiger partial charge < -0.3 is 0 Å². The Morgan fingerprint density at radius 3 is 2.17 bits per heavy atom. The van der Waals surface area contributed by atoms with Crippen LogP contribution in [0.15, 0.2) is 54.6 Å². The number of piperidine rings is 1. The van der Waals surface area contributed by atoms with E-state index in [1.54, 1.807) is 0 Å². The number of hydrogen-bond acceptors (Lipinski definition) is 2. The van der Waals surface area contributed by atoms with E-state index in [-0.39, 0.29) is 6.04 Å². The van der Waals surface area contributed by atoms with Crippen molar-refractivity contribution < 1.29 is 4.79 Å². The molecular formula is C20H20ClNO. The maximum Gasteiger partial charge on any atom is 0.136 e. The Balaban J connectivity index is 1.81. The summed E-state index contributed by atoms with van der Waals surface area (Å²) < 4.78 is 0. The molecule has 0 unspecified atom stereocenters. The van der Waals surface area contributed by atoms with Gasteiger partial charge in [0.1, 0.15) is 5.78 Å². The molecule has 23 heavy (non-hydrogen) atoms. The standard InChI is InChI=1S/C20H20ClNO/c21-19-9-5-4-8-18(19)20(14-6-2-1-3-7-14)22-15-10-11-16(22)13-17(23)12-15/h1-9,15-16,20H,10-13H2/t15-,16+,20-/m0/s1. The number of Topliss-reactive ketones (excluding diaryl/α,β-unsaturated/α-hetero) is 1. The number of fused-ring (bicyclic) bond motifs is 2. The second-order valence-electron chi connectivity index (χ2n) is 6.61. The van der Waals surface area contributed by atoms with Gasteiger partial charge in [-0.15, -0.1) is 0 Å². The van der Waals surface area contributed by atoms with Gasteiger partial charge in [0.05, 0.1) is 6.04 Å². The highest BCUT2D eigenvalue weighted by atomic mass is 35.5. The van der Waals surface area contributed by atoms with Gasteiger partial charge in [0, 0.05) is 29.9 Å². The fourth-order valence-electron chi connectivity index (χ4n) is 4.27. The number of rotatable bonds is 3. The molecule has 2 aromatic rings. The Bertz CT molecular complexity index is 699. The van der Waals surface area contributed by atoms with Crippen LogP contribution in [0.2, 0.25) is 5.02 Å². The number of benzene rings is 2. The van der Waals surface area contributed by atoms with E-state index in [1.807, 2.05) is 24.3 Å². The summed E-state index contributed by atoms with van der Waals surface area (Å²) in [7, 11) is 0. The number of nitrogens with zero attached hydrogens (tertiary/aromatic N) is 1. The SMILES string of the molecule is O=C1C[C@H]2CC[C@@H](C1)N2[C@@H](c1ccccc1)c1ccccc1Cl. The zero-order valence-electron chi connectivity index (χ0n) is 13.0. The smallest absolute Gasteiger partial charge is 0.136 e. The van der Waals surface area contributed by atoms with Crippen molar-refractivity contribution in [3.63, 3.8) is 0 Å². The fraction of sp³-hybridized carbons (Fsp3) is 0.350. The maximum absolute atomic E-state index is 12.0. The highest BCUT2D eigenvalue weighted by Crippen LogP contribution is 2.44. The first-order chi connectivity index (χ1) is 11.2. The van der Waals surface area contributed by atoms with E-state index in [2.05, 4.69) is 35.2 Å². The maximum atomic E-state index is 12.0. The molecular weight excluding hydrogens is 306 g/mol. The lowest BCUT2D eigenvalue weighted by atomic mass is 9.91. The van der Waals surface area contributed by atoms with E-state index >= 15 is 0 Å². The molecule has 0 N–H and O–H groups in total. The van der Waals surface area contributed by atoms with Crippen LogP contribution in [0.25, 0.3) is 0 Å². The molecule has 2 aliphatic rings. The van der Waals surface area contributed by atoms with Gasteiger partial charge in [-0.2, -0.15) is 0 Å². The van der Waals surface area contributed by atoms with Crippen LogP contribution in [-0.4, -0.2) is 22.8 Å². The van der Waals surface area contributed by atoms with E-state index in [0.29, 0.717) is 30.7 Å². The van der Waals surface area contributed by atoms with Gasteiger partial charge in [-0.05, 0) is 30.0 Å². The largest absolute Gasteiger partial charge is 0.300 e. The second-order valence-corrected chi connectivity index (χ2v) is 7.02. The van der Waals surface area contributed by atoms with Gasteiger partial charge in [-0.1, -0.05) is 60.1 Å². The average Bonchev–Trinajstić information content (AvgIpc) is 2.82.